The molecule has 6 aromatic rings. The first-order valence-electron chi connectivity index (χ1n) is 12.5. The largest absolute Gasteiger partial charge is 0.444 e. The monoisotopic (exact) mass is 614 g/mol. The SMILES string of the molecule is Cc1ccc(S(=O)(=O)c2c(NC(=O)c3ccc(Br)o3)n([C@H](C)c3ccccc3)c3nc4ccccc4nc23)cc1. The molecule has 0 aliphatic carbocycles. The highest BCUT2D eigenvalue weighted by atomic mass is 79.9. The molecule has 0 saturated heterocycles. The maximum absolute atomic E-state index is 14.3. The zero-order chi connectivity index (χ0) is 28.0. The molecule has 1 amide bonds. The third-order valence-electron chi connectivity index (χ3n) is 6.75. The van der Waals surface area contributed by atoms with E-state index in [0.717, 1.165) is 11.1 Å². The summed E-state index contributed by atoms with van der Waals surface area (Å²) in [5.74, 6) is -0.541. The molecular weight excluding hydrogens is 592 g/mol. The summed E-state index contributed by atoms with van der Waals surface area (Å²) in [6, 6.07) is 26.1. The second-order valence-corrected chi connectivity index (χ2v) is 12.1. The summed E-state index contributed by atoms with van der Waals surface area (Å²) in [5.41, 5.74) is 3.44. The predicted molar refractivity (Wildman–Crippen MR) is 156 cm³/mol. The van der Waals surface area contributed by atoms with Gasteiger partial charge in [-0.15, -0.1) is 0 Å². The average Bonchev–Trinajstić information content (AvgIpc) is 3.53. The number of aromatic nitrogens is 3. The van der Waals surface area contributed by atoms with E-state index < -0.39 is 21.8 Å². The third-order valence-corrected chi connectivity index (χ3v) is 8.99. The number of hydrogen-bond acceptors (Lipinski definition) is 6. The lowest BCUT2D eigenvalue weighted by Crippen LogP contribution is -2.19. The van der Waals surface area contributed by atoms with E-state index in [0.29, 0.717) is 21.4 Å². The first-order valence-corrected chi connectivity index (χ1v) is 14.8. The molecule has 40 heavy (non-hydrogen) atoms. The molecule has 3 heterocycles. The van der Waals surface area contributed by atoms with E-state index in [1.54, 1.807) is 41.0 Å². The summed E-state index contributed by atoms with van der Waals surface area (Å²) in [7, 11) is -4.18. The number of furan rings is 1. The number of benzene rings is 3. The van der Waals surface area contributed by atoms with Crippen molar-refractivity contribution in [3.8, 4) is 0 Å². The molecule has 0 fully saturated rings. The Morgan fingerprint density at radius 2 is 1.55 bits per heavy atom. The molecule has 1 atom stereocenters. The molecule has 0 bridgehead atoms. The fourth-order valence-electron chi connectivity index (χ4n) is 4.71. The zero-order valence-corrected chi connectivity index (χ0v) is 23.9. The molecule has 3 aromatic carbocycles. The molecule has 0 radical (unpaired) electrons. The molecule has 0 aliphatic rings. The van der Waals surface area contributed by atoms with Gasteiger partial charge in [0.05, 0.1) is 22.0 Å². The molecule has 0 unspecified atom stereocenters. The Bertz CT molecular complexity index is 2000. The van der Waals surface area contributed by atoms with Gasteiger partial charge in [-0.3, -0.25) is 4.79 Å². The smallest absolute Gasteiger partial charge is 0.292 e. The summed E-state index contributed by atoms with van der Waals surface area (Å²) in [4.78, 5) is 23.0. The number of fused-ring (bicyclic) bond motifs is 2. The van der Waals surface area contributed by atoms with E-state index in [9.17, 15) is 13.2 Å². The highest BCUT2D eigenvalue weighted by Gasteiger charge is 2.34. The van der Waals surface area contributed by atoms with Crippen LogP contribution in [0.2, 0.25) is 0 Å². The average molecular weight is 616 g/mol. The van der Waals surface area contributed by atoms with Crippen molar-refractivity contribution in [2.75, 3.05) is 5.32 Å². The normalized spacial score (nSPS) is 12.6. The number of halogens is 1. The first kappa shape index (κ1) is 26.0. The van der Waals surface area contributed by atoms with Crippen molar-refractivity contribution in [1.82, 2.24) is 14.5 Å². The fourth-order valence-corrected chi connectivity index (χ4v) is 6.54. The van der Waals surface area contributed by atoms with Gasteiger partial charge in [0.1, 0.15) is 16.2 Å². The van der Waals surface area contributed by atoms with E-state index in [4.69, 9.17) is 14.4 Å². The fraction of sp³-hybridized carbons (Fsp3) is 0.100. The summed E-state index contributed by atoms with van der Waals surface area (Å²) >= 11 is 3.22. The van der Waals surface area contributed by atoms with E-state index in [1.165, 1.54) is 6.07 Å². The lowest BCUT2D eigenvalue weighted by atomic mass is 10.1. The summed E-state index contributed by atoms with van der Waals surface area (Å²) in [5, 5.41) is 2.84. The summed E-state index contributed by atoms with van der Waals surface area (Å²) in [6.07, 6.45) is 0. The predicted octanol–water partition coefficient (Wildman–Crippen LogP) is 6.94. The van der Waals surface area contributed by atoms with Crippen LogP contribution < -0.4 is 5.32 Å². The van der Waals surface area contributed by atoms with Crippen LogP contribution in [0.15, 0.2) is 110 Å². The minimum atomic E-state index is -4.18. The highest BCUT2D eigenvalue weighted by Crippen LogP contribution is 2.40. The van der Waals surface area contributed by atoms with Gasteiger partial charge in [-0.1, -0.05) is 60.2 Å². The standard InChI is InChI=1S/C30H23BrN4O4S/c1-18-12-14-21(15-13-18)40(37,38)27-26-28(33-23-11-7-6-10-22(23)32-26)35(19(2)20-8-4-3-5-9-20)29(27)34-30(36)24-16-17-25(31)39-24/h3-17,19H,1-2H3,(H,34,36)/t19-/m1/s1. The Labute approximate surface area is 238 Å². The quantitative estimate of drug-likeness (QED) is 0.218. The number of anilines is 1. The molecule has 6 rings (SSSR count). The molecule has 3 aromatic heterocycles. The van der Waals surface area contributed by atoms with Crippen LogP contribution in [0.25, 0.3) is 22.2 Å². The third kappa shape index (κ3) is 4.48. The van der Waals surface area contributed by atoms with Gasteiger partial charge in [0.2, 0.25) is 9.84 Å². The molecule has 8 nitrogen and oxygen atoms in total. The highest BCUT2D eigenvalue weighted by molar-refractivity contribution is 9.10. The molecule has 0 saturated carbocycles. The van der Waals surface area contributed by atoms with E-state index >= 15 is 0 Å². The minimum Gasteiger partial charge on any atom is -0.444 e. The van der Waals surface area contributed by atoms with Gasteiger partial charge in [0.25, 0.3) is 5.91 Å². The zero-order valence-electron chi connectivity index (χ0n) is 21.5. The number of carbonyl (C=O) groups excluding carboxylic acids is 1. The number of rotatable bonds is 6. The lowest BCUT2D eigenvalue weighted by molar-refractivity contribution is 0.0994. The van der Waals surface area contributed by atoms with E-state index in [-0.39, 0.29) is 26.9 Å². The number of para-hydroxylation sites is 2. The van der Waals surface area contributed by atoms with Crippen molar-refractivity contribution >= 4 is 59.7 Å². The van der Waals surface area contributed by atoms with Gasteiger partial charge in [0, 0.05) is 0 Å². The van der Waals surface area contributed by atoms with Gasteiger partial charge in [-0.25, -0.2) is 18.4 Å². The number of nitrogens with zero attached hydrogens (tertiary/aromatic N) is 3. The van der Waals surface area contributed by atoms with Crippen LogP contribution >= 0.6 is 15.9 Å². The number of carbonyl (C=O) groups is 1. The number of sulfone groups is 1. The van der Waals surface area contributed by atoms with Crippen LogP contribution in [-0.4, -0.2) is 28.9 Å². The number of hydrogen-bond donors (Lipinski definition) is 1. The second kappa shape index (κ2) is 10.0. The van der Waals surface area contributed by atoms with E-state index in [2.05, 4.69) is 21.2 Å². The van der Waals surface area contributed by atoms with Gasteiger partial charge in [0.15, 0.2) is 16.1 Å². The van der Waals surface area contributed by atoms with Crippen molar-refractivity contribution in [3.63, 3.8) is 0 Å². The molecule has 0 spiro atoms. The number of aryl methyl sites for hydroxylation is 1. The Hall–Kier alpha value is -4.28. The van der Waals surface area contributed by atoms with Crippen LogP contribution in [0.1, 0.15) is 34.6 Å². The van der Waals surface area contributed by atoms with Gasteiger partial charge in [-0.05, 0) is 71.7 Å². The Morgan fingerprint density at radius 3 is 2.20 bits per heavy atom. The molecule has 1 N–H and O–H groups in total. The van der Waals surface area contributed by atoms with Crippen molar-refractivity contribution in [2.24, 2.45) is 0 Å². The van der Waals surface area contributed by atoms with Crippen LogP contribution in [0.3, 0.4) is 0 Å². The van der Waals surface area contributed by atoms with Crippen molar-refractivity contribution in [1.29, 1.82) is 0 Å². The Morgan fingerprint density at radius 1 is 0.900 bits per heavy atom. The molecule has 0 aliphatic heterocycles. The number of nitrogens with one attached hydrogen (secondary N) is 1. The van der Waals surface area contributed by atoms with Crippen LogP contribution in [0.4, 0.5) is 5.82 Å². The van der Waals surface area contributed by atoms with Crippen LogP contribution in [0.5, 0.6) is 0 Å². The van der Waals surface area contributed by atoms with Crippen LogP contribution in [-0.2, 0) is 9.84 Å². The second-order valence-electron chi connectivity index (χ2n) is 9.39. The maximum atomic E-state index is 14.3. The summed E-state index contributed by atoms with van der Waals surface area (Å²) in [6.45, 7) is 3.81. The number of amides is 1. The molecular formula is C30H23BrN4O4S. The Kier molecular flexibility index (Phi) is 6.52. The Balaban J connectivity index is 1.70. The van der Waals surface area contributed by atoms with Gasteiger partial charge in [-0.2, -0.15) is 0 Å². The van der Waals surface area contributed by atoms with Crippen molar-refractivity contribution < 1.29 is 17.6 Å². The molecule has 200 valence electrons. The van der Waals surface area contributed by atoms with Crippen molar-refractivity contribution in [3.05, 3.63) is 113 Å². The topological polar surface area (TPSA) is 107 Å². The van der Waals surface area contributed by atoms with Gasteiger partial charge >= 0.3 is 0 Å². The maximum Gasteiger partial charge on any atom is 0.292 e. The lowest BCUT2D eigenvalue weighted by Gasteiger charge is -2.19. The van der Waals surface area contributed by atoms with E-state index in [1.807, 2.05) is 62.4 Å². The first-order chi connectivity index (χ1) is 19.2. The summed E-state index contributed by atoms with van der Waals surface area (Å²) < 4.78 is 36.3. The molecule has 10 heteroatoms. The van der Waals surface area contributed by atoms with Gasteiger partial charge < -0.3 is 14.3 Å². The van der Waals surface area contributed by atoms with Crippen molar-refractivity contribution in [2.45, 2.75) is 29.7 Å². The van der Waals surface area contributed by atoms with Crippen LogP contribution in [0, 0.1) is 6.92 Å². The minimum absolute atomic E-state index is 0.0146.